The summed E-state index contributed by atoms with van der Waals surface area (Å²) in [4.78, 5) is 98.5. The molecule has 0 heterocycles. The fraction of sp³-hybridized carbons (Fsp3) is 0.905. The quantitative estimate of drug-likeness (QED) is 0.0368. The normalized spacial score (nSPS) is 26.7. The Balaban J connectivity index is -0.00000276. The second-order valence-corrected chi connectivity index (χ2v) is 14.9. The number of hydrogen-bond donors (Lipinski definition) is 9. The van der Waals surface area contributed by atoms with Crippen LogP contribution in [0.25, 0.3) is 0 Å². The highest BCUT2D eigenvalue weighted by molar-refractivity contribution is 7.46. The van der Waals surface area contributed by atoms with E-state index in [0.717, 1.165) is 12.8 Å². The van der Waals surface area contributed by atoms with Gasteiger partial charge in [0.25, 0.3) is 31.3 Å². The molecule has 51 heavy (non-hydrogen) atoms. The van der Waals surface area contributed by atoms with Gasteiger partial charge in [0.1, 0.15) is 43.2 Å². The molecule has 0 spiro atoms. The lowest BCUT2D eigenvalue weighted by atomic mass is 9.85. The molecule has 0 radical (unpaired) electrons. The number of carbonyl (C=O) groups is 2. The van der Waals surface area contributed by atoms with E-state index in [1.165, 1.54) is 0 Å². The predicted molar refractivity (Wildman–Crippen MR) is 168 cm³/mol. The number of aliphatic hydroxyl groups is 2. The van der Waals surface area contributed by atoms with Crippen LogP contribution < -0.4 is 44.2 Å². The molecule has 0 saturated heterocycles. The van der Waals surface area contributed by atoms with E-state index >= 15 is 0 Å². The minimum Gasteiger partial charge on any atom is -0.756 e. The van der Waals surface area contributed by atoms with Crippen LogP contribution in [0.4, 0.5) is 0 Å². The Labute approximate surface area is 293 Å². The summed E-state index contributed by atoms with van der Waals surface area (Å²) in [5.41, 5.74) is 0. The van der Waals surface area contributed by atoms with E-state index in [0.29, 0.717) is 25.7 Å². The van der Waals surface area contributed by atoms with Crippen LogP contribution in [0.2, 0.25) is 0 Å². The molecule has 1 aliphatic carbocycles. The molecule has 1 aliphatic rings. The van der Waals surface area contributed by atoms with Crippen molar-refractivity contribution in [3.8, 4) is 0 Å². The Bertz CT molecular complexity index is 1160. The van der Waals surface area contributed by atoms with Crippen LogP contribution in [-0.2, 0) is 59.9 Å². The summed E-state index contributed by atoms with van der Waals surface area (Å²) >= 11 is 0. The fourth-order valence-electron chi connectivity index (χ4n) is 4.11. The molecule has 0 aromatic carbocycles. The molecule has 0 aliphatic heterocycles. The Kier molecular flexibility index (Phi) is 28.2. The largest absolute Gasteiger partial charge is 0.756 e. The van der Waals surface area contributed by atoms with Crippen LogP contribution in [0.5, 0.6) is 0 Å². The van der Waals surface area contributed by atoms with Crippen LogP contribution in [-0.4, -0.2) is 92.8 Å². The van der Waals surface area contributed by atoms with Gasteiger partial charge in [0.15, 0.2) is 6.10 Å². The van der Waals surface area contributed by atoms with E-state index in [1.807, 2.05) is 13.8 Å². The van der Waals surface area contributed by atoms with Crippen molar-refractivity contribution in [3.63, 3.8) is 0 Å². The standard InChI is InChI=1S/C21H42O22P4.4H3N/c1-3-5-7-9-14(22)37-11-13(39-15(23)10-8-6-4-2)12-38-47(35,36)43-18-16(24)19(40-44(26,27)28)21(42-46(32,33)34)20(17(18)25)41-45(29,30)31;;;;/h13,16-21,24-25H,3-12H2,1-2H3,(H,35,36)(H2,26,27,28)(H2,29,30,31)(H2,32,33,34);4*1H3/t13-,16?,17?,18?,19+,20?,21?;;;;/m1..../s1. The van der Waals surface area contributed by atoms with Crippen LogP contribution in [0.3, 0.4) is 0 Å². The summed E-state index contributed by atoms with van der Waals surface area (Å²) in [6.45, 7) is 1.96. The first-order valence-corrected chi connectivity index (χ1v) is 19.9. The molecule has 0 amide bonds. The Morgan fingerprint density at radius 1 is 0.608 bits per heavy atom. The van der Waals surface area contributed by atoms with Crippen LogP contribution in [0.1, 0.15) is 65.2 Å². The summed E-state index contributed by atoms with van der Waals surface area (Å²) in [5, 5.41) is 21.2. The minimum atomic E-state index is -6.06. The molecule has 1 fully saturated rings. The molecular weight excluding hydrogens is 784 g/mol. The fourth-order valence-corrected chi connectivity index (χ4v) is 6.72. The van der Waals surface area contributed by atoms with E-state index in [-0.39, 0.29) is 37.4 Å². The molecule has 30 heteroatoms. The number of rotatable bonds is 22. The average Bonchev–Trinajstić information content (AvgIpc) is 2.91. The van der Waals surface area contributed by atoms with Crippen LogP contribution >= 0.6 is 31.3 Å². The Hall–Kier alpha value is -0.860. The molecule has 1 saturated carbocycles. The zero-order valence-corrected chi connectivity index (χ0v) is 32.7. The third-order valence-electron chi connectivity index (χ3n) is 6.13. The molecule has 0 bridgehead atoms. The second-order valence-electron chi connectivity index (χ2n) is 10.1. The molecular formula is C21H54N4O22P4. The van der Waals surface area contributed by atoms with Gasteiger partial charge in [-0.25, -0.2) is 0 Å². The number of quaternary nitrogens is 4. The second kappa shape index (κ2) is 25.3. The topological polar surface area (TPSA) is 506 Å². The Morgan fingerprint density at radius 2 is 1.00 bits per heavy atom. The van der Waals surface area contributed by atoms with E-state index in [9.17, 15) is 57.6 Å². The van der Waals surface area contributed by atoms with Crippen molar-refractivity contribution in [2.24, 2.45) is 0 Å². The molecule has 1 rings (SSSR count). The van der Waals surface area contributed by atoms with E-state index in [4.69, 9.17) is 24.2 Å². The maximum atomic E-state index is 12.7. The Morgan fingerprint density at radius 3 is 1.39 bits per heavy atom. The van der Waals surface area contributed by atoms with E-state index < -0.39 is 99.2 Å². The summed E-state index contributed by atoms with van der Waals surface area (Å²) in [6, 6.07) is 0. The van der Waals surface area contributed by atoms with Crippen molar-refractivity contribution in [1.29, 1.82) is 0 Å². The lowest BCUT2D eigenvalue weighted by molar-refractivity contribution is -0.286. The first kappa shape index (κ1) is 56.9. The highest BCUT2D eigenvalue weighted by atomic mass is 31.2. The predicted octanol–water partition coefficient (Wildman–Crippen LogP) is -0.750. The number of carbonyl (C=O) groups excluding carboxylic acids is 2. The van der Waals surface area contributed by atoms with Crippen molar-refractivity contribution < 1.29 is 104 Å². The number of esters is 2. The van der Waals surface area contributed by atoms with Gasteiger partial charge in [-0.1, -0.05) is 39.5 Å². The highest BCUT2D eigenvalue weighted by Gasteiger charge is 2.56. The van der Waals surface area contributed by atoms with Gasteiger partial charge in [0.2, 0.25) is 0 Å². The molecule has 310 valence electrons. The summed E-state index contributed by atoms with van der Waals surface area (Å²) < 4.78 is 78.5. The molecule has 9 unspecified atom stereocenters. The number of aliphatic hydroxyl groups excluding tert-OH is 2. The lowest BCUT2D eigenvalue weighted by Gasteiger charge is -2.49. The van der Waals surface area contributed by atoms with Gasteiger partial charge in [-0.3, -0.25) is 27.8 Å². The summed E-state index contributed by atoms with van der Waals surface area (Å²) in [5.74, 6) is -1.53. The van der Waals surface area contributed by atoms with Crippen molar-refractivity contribution in [2.75, 3.05) is 13.2 Å². The van der Waals surface area contributed by atoms with Crippen molar-refractivity contribution in [1.82, 2.24) is 24.6 Å². The minimum absolute atomic E-state index is 0. The zero-order valence-electron chi connectivity index (χ0n) is 29.1. The number of hydrogen-bond acceptors (Lipinski definition) is 19. The molecule has 0 aromatic heterocycles. The summed E-state index contributed by atoms with van der Waals surface area (Å²) in [6.07, 6.45) is -15.1. The first-order chi connectivity index (χ1) is 21.5. The number of phosphoric acid groups is 4. The maximum Gasteiger partial charge on any atom is 0.306 e. The number of phosphoric ester groups is 4. The third kappa shape index (κ3) is 23.5. The van der Waals surface area contributed by atoms with Gasteiger partial charge >= 0.3 is 11.9 Å². The SMILES string of the molecule is CCCCCC(=O)OC[C@H](COP(=O)([O-])OC1C(O)C(OP(=O)([O-])O)C(OP(=O)([O-])O)[C@@H](OP(=O)([O-])O)C1O)OC(=O)CCCCC.[NH4+].[NH4+].[NH4+].[NH4+]. The molecule has 11 atom stereocenters. The van der Waals surface area contributed by atoms with Crippen LogP contribution in [0, 0.1) is 0 Å². The van der Waals surface area contributed by atoms with Crippen molar-refractivity contribution >= 4 is 43.2 Å². The molecule has 21 N–H and O–H groups in total. The van der Waals surface area contributed by atoms with Gasteiger partial charge in [0.05, 0.1) is 6.61 Å². The number of ether oxygens (including phenoxy) is 2. The summed E-state index contributed by atoms with van der Waals surface area (Å²) in [7, 11) is -24.1. The van der Waals surface area contributed by atoms with Gasteiger partial charge < -0.3 is 101 Å². The first-order valence-electron chi connectivity index (χ1n) is 14.0. The van der Waals surface area contributed by atoms with Crippen molar-refractivity contribution in [3.05, 3.63) is 0 Å². The maximum absolute atomic E-state index is 12.7. The van der Waals surface area contributed by atoms with Crippen molar-refractivity contribution in [2.45, 2.75) is 108 Å². The molecule has 26 nitrogen and oxygen atoms in total. The lowest BCUT2D eigenvalue weighted by Crippen LogP contribution is -2.66. The third-order valence-corrected chi connectivity index (χ3v) is 8.62. The smallest absolute Gasteiger partial charge is 0.306 e. The van der Waals surface area contributed by atoms with Gasteiger partial charge in [-0.15, -0.1) is 0 Å². The van der Waals surface area contributed by atoms with E-state index in [1.54, 1.807) is 0 Å². The van der Waals surface area contributed by atoms with E-state index in [2.05, 4.69) is 22.6 Å². The van der Waals surface area contributed by atoms with Gasteiger partial charge in [-0.2, -0.15) is 0 Å². The number of unbranched alkanes of at least 4 members (excludes halogenated alkanes) is 4. The molecule has 0 aromatic rings. The van der Waals surface area contributed by atoms with Crippen LogP contribution in [0.15, 0.2) is 0 Å². The van der Waals surface area contributed by atoms with Gasteiger partial charge in [0, 0.05) is 12.8 Å². The van der Waals surface area contributed by atoms with Gasteiger partial charge in [-0.05, 0) is 12.8 Å². The average molecular weight is 839 g/mol. The monoisotopic (exact) mass is 838 g/mol. The zero-order chi connectivity index (χ0) is 36.2. The highest BCUT2D eigenvalue weighted by Crippen LogP contribution is 2.50.